The highest BCUT2D eigenvalue weighted by Gasteiger charge is 2.18. The Balaban J connectivity index is 2.22. The van der Waals surface area contributed by atoms with Gasteiger partial charge in [-0.2, -0.15) is 0 Å². The Morgan fingerprint density at radius 2 is 1.91 bits per heavy atom. The van der Waals surface area contributed by atoms with Crippen LogP contribution in [0.5, 0.6) is 5.75 Å². The Bertz CT molecular complexity index is 711. The van der Waals surface area contributed by atoms with Crippen LogP contribution in [-0.2, 0) is 0 Å². The van der Waals surface area contributed by atoms with Crippen LogP contribution in [0.25, 0.3) is 0 Å². The molecule has 1 amide bonds. The molecule has 0 atom stereocenters. The molecule has 0 saturated heterocycles. The molecular weight excluding hydrogens is 296 g/mol. The van der Waals surface area contributed by atoms with Crippen molar-refractivity contribution in [3.05, 3.63) is 63.7 Å². The Labute approximate surface area is 134 Å². The number of nitro groups is 1. The number of amides is 1. The standard InChI is InChI=1S/C17H18N2O4/c1-3-10-23-14-8-9-15(16(11-14)19(21)22)18-17(20)13-6-4-12(2)5-7-13/h4-9,11H,3,10H2,1-2H3,(H,18,20). The maximum absolute atomic E-state index is 12.2. The lowest BCUT2D eigenvalue weighted by Gasteiger charge is -2.09. The van der Waals surface area contributed by atoms with Crippen molar-refractivity contribution in [1.82, 2.24) is 0 Å². The fourth-order valence-corrected chi connectivity index (χ4v) is 1.98. The van der Waals surface area contributed by atoms with Crippen molar-refractivity contribution in [3.63, 3.8) is 0 Å². The molecular formula is C17H18N2O4. The second kappa shape index (κ2) is 7.40. The summed E-state index contributed by atoms with van der Waals surface area (Å²) in [6.45, 7) is 4.35. The van der Waals surface area contributed by atoms with Crippen LogP contribution in [0.15, 0.2) is 42.5 Å². The van der Waals surface area contributed by atoms with E-state index < -0.39 is 10.8 Å². The Morgan fingerprint density at radius 3 is 2.52 bits per heavy atom. The van der Waals surface area contributed by atoms with Gasteiger partial charge in [0.05, 0.1) is 17.6 Å². The molecule has 0 saturated carbocycles. The Kier molecular flexibility index (Phi) is 5.30. The smallest absolute Gasteiger partial charge is 0.296 e. The van der Waals surface area contributed by atoms with E-state index in [4.69, 9.17) is 4.74 Å². The highest BCUT2D eigenvalue weighted by Crippen LogP contribution is 2.29. The molecule has 0 aromatic heterocycles. The van der Waals surface area contributed by atoms with E-state index in [1.807, 2.05) is 26.0 Å². The quantitative estimate of drug-likeness (QED) is 0.646. The molecule has 23 heavy (non-hydrogen) atoms. The van der Waals surface area contributed by atoms with Crippen LogP contribution >= 0.6 is 0 Å². The third-order valence-corrected chi connectivity index (χ3v) is 3.20. The van der Waals surface area contributed by atoms with Gasteiger partial charge in [-0.15, -0.1) is 0 Å². The van der Waals surface area contributed by atoms with Crippen LogP contribution in [0.3, 0.4) is 0 Å². The van der Waals surface area contributed by atoms with Gasteiger partial charge in [-0.05, 0) is 37.6 Å². The summed E-state index contributed by atoms with van der Waals surface area (Å²) in [5.41, 5.74) is 1.42. The lowest BCUT2D eigenvalue weighted by molar-refractivity contribution is -0.384. The van der Waals surface area contributed by atoms with Crippen LogP contribution in [0.1, 0.15) is 29.3 Å². The molecule has 2 aromatic rings. The zero-order valence-corrected chi connectivity index (χ0v) is 13.0. The van der Waals surface area contributed by atoms with Crippen LogP contribution in [0, 0.1) is 17.0 Å². The van der Waals surface area contributed by atoms with Crippen molar-refractivity contribution in [2.75, 3.05) is 11.9 Å². The number of hydrogen-bond acceptors (Lipinski definition) is 4. The number of carbonyl (C=O) groups excluding carboxylic acids is 1. The van der Waals surface area contributed by atoms with E-state index in [2.05, 4.69) is 5.32 Å². The topological polar surface area (TPSA) is 81.5 Å². The molecule has 0 aliphatic heterocycles. The summed E-state index contributed by atoms with van der Waals surface area (Å²) in [7, 11) is 0. The lowest BCUT2D eigenvalue weighted by Crippen LogP contribution is -2.13. The number of nitro benzene ring substituents is 1. The Morgan fingerprint density at radius 1 is 1.22 bits per heavy atom. The zero-order valence-electron chi connectivity index (χ0n) is 13.0. The second-order valence-electron chi connectivity index (χ2n) is 5.10. The van der Waals surface area contributed by atoms with Gasteiger partial charge in [0, 0.05) is 5.56 Å². The van der Waals surface area contributed by atoms with E-state index in [1.165, 1.54) is 12.1 Å². The lowest BCUT2D eigenvalue weighted by atomic mass is 10.1. The fourth-order valence-electron chi connectivity index (χ4n) is 1.98. The highest BCUT2D eigenvalue weighted by molar-refractivity contribution is 6.05. The molecule has 0 radical (unpaired) electrons. The normalized spacial score (nSPS) is 10.2. The number of hydrogen-bond donors (Lipinski definition) is 1. The third kappa shape index (κ3) is 4.29. The molecule has 0 bridgehead atoms. The summed E-state index contributed by atoms with van der Waals surface area (Å²) in [6.07, 6.45) is 0.805. The molecule has 6 nitrogen and oxygen atoms in total. The van der Waals surface area contributed by atoms with Crippen LogP contribution in [-0.4, -0.2) is 17.4 Å². The van der Waals surface area contributed by atoms with Crippen LogP contribution in [0.4, 0.5) is 11.4 Å². The van der Waals surface area contributed by atoms with Gasteiger partial charge in [0.25, 0.3) is 11.6 Å². The molecule has 120 valence electrons. The molecule has 0 heterocycles. The van der Waals surface area contributed by atoms with Crippen LogP contribution in [0.2, 0.25) is 0 Å². The second-order valence-corrected chi connectivity index (χ2v) is 5.10. The van der Waals surface area contributed by atoms with Crippen molar-refractivity contribution in [2.24, 2.45) is 0 Å². The van der Waals surface area contributed by atoms with Crippen molar-refractivity contribution in [2.45, 2.75) is 20.3 Å². The maximum atomic E-state index is 12.2. The highest BCUT2D eigenvalue weighted by atomic mass is 16.6. The van der Waals surface area contributed by atoms with Gasteiger partial charge in [-0.25, -0.2) is 0 Å². The van der Waals surface area contributed by atoms with Crippen molar-refractivity contribution in [1.29, 1.82) is 0 Å². The fraction of sp³-hybridized carbons (Fsp3) is 0.235. The summed E-state index contributed by atoms with van der Waals surface area (Å²) in [5.74, 6) is 0.0159. The SMILES string of the molecule is CCCOc1ccc(NC(=O)c2ccc(C)cc2)c([N+](=O)[O-])c1. The van der Waals surface area contributed by atoms with Gasteiger partial charge in [-0.1, -0.05) is 24.6 Å². The molecule has 0 aliphatic carbocycles. The van der Waals surface area contributed by atoms with Crippen molar-refractivity contribution >= 4 is 17.3 Å². The number of anilines is 1. The maximum Gasteiger partial charge on any atom is 0.296 e. The summed E-state index contributed by atoms with van der Waals surface area (Å²) in [5, 5.41) is 13.8. The van der Waals surface area contributed by atoms with Gasteiger partial charge >= 0.3 is 0 Å². The molecule has 0 aliphatic rings. The zero-order chi connectivity index (χ0) is 16.8. The summed E-state index contributed by atoms with van der Waals surface area (Å²) in [6, 6.07) is 11.4. The molecule has 6 heteroatoms. The van der Waals surface area contributed by atoms with E-state index in [9.17, 15) is 14.9 Å². The number of nitrogens with one attached hydrogen (secondary N) is 1. The average molecular weight is 314 g/mol. The van der Waals surface area contributed by atoms with Gasteiger partial charge in [0.2, 0.25) is 0 Å². The molecule has 0 fully saturated rings. The molecule has 2 rings (SSSR count). The van der Waals surface area contributed by atoms with E-state index in [1.54, 1.807) is 18.2 Å². The van der Waals surface area contributed by atoms with Gasteiger partial charge in [0.15, 0.2) is 0 Å². The summed E-state index contributed by atoms with van der Waals surface area (Å²) < 4.78 is 5.39. The minimum atomic E-state index is -0.538. The molecule has 0 spiro atoms. The number of rotatable bonds is 6. The summed E-state index contributed by atoms with van der Waals surface area (Å²) >= 11 is 0. The molecule has 1 N–H and O–H groups in total. The van der Waals surface area contributed by atoms with E-state index >= 15 is 0 Å². The minimum absolute atomic E-state index is 0.143. The number of aryl methyl sites for hydroxylation is 1. The molecule has 0 unspecified atom stereocenters. The predicted octanol–water partition coefficient (Wildman–Crippen LogP) is 3.94. The van der Waals surface area contributed by atoms with E-state index in [0.717, 1.165) is 12.0 Å². The van der Waals surface area contributed by atoms with E-state index in [-0.39, 0.29) is 11.4 Å². The Hall–Kier alpha value is -2.89. The first kappa shape index (κ1) is 16.5. The van der Waals surface area contributed by atoms with Gasteiger partial charge in [0.1, 0.15) is 11.4 Å². The average Bonchev–Trinajstić information content (AvgIpc) is 2.54. The third-order valence-electron chi connectivity index (χ3n) is 3.20. The first-order valence-corrected chi connectivity index (χ1v) is 7.30. The number of ether oxygens (including phenoxy) is 1. The van der Waals surface area contributed by atoms with Crippen molar-refractivity contribution < 1.29 is 14.5 Å². The summed E-state index contributed by atoms with van der Waals surface area (Å²) in [4.78, 5) is 22.9. The number of nitrogens with zero attached hydrogens (tertiary/aromatic N) is 1. The van der Waals surface area contributed by atoms with Gasteiger partial charge in [-0.3, -0.25) is 14.9 Å². The largest absolute Gasteiger partial charge is 0.493 e. The van der Waals surface area contributed by atoms with Crippen LogP contribution < -0.4 is 10.1 Å². The monoisotopic (exact) mass is 314 g/mol. The number of carbonyl (C=O) groups is 1. The molecule has 2 aromatic carbocycles. The van der Waals surface area contributed by atoms with Gasteiger partial charge < -0.3 is 10.1 Å². The predicted molar refractivity (Wildman–Crippen MR) is 88.0 cm³/mol. The van der Waals surface area contributed by atoms with Crippen molar-refractivity contribution in [3.8, 4) is 5.75 Å². The first-order valence-electron chi connectivity index (χ1n) is 7.30. The van der Waals surface area contributed by atoms with E-state index in [0.29, 0.717) is 17.9 Å². The number of benzene rings is 2. The minimum Gasteiger partial charge on any atom is -0.493 e. The first-order chi connectivity index (χ1) is 11.0.